The van der Waals surface area contributed by atoms with Gasteiger partial charge in [-0.25, -0.2) is 4.98 Å². The van der Waals surface area contributed by atoms with Crippen LogP contribution < -0.4 is 10.1 Å². The Balaban J connectivity index is 1.23. The molecule has 5 rings (SSSR count). The molecular formula is C33H41N5O3. The number of benzene rings is 2. The van der Waals surface area contributed by atoms with Crippen molar-refractivity contribution in [2.75, 3.05) is 38.7 Å². The Morgan fingerprint density at radius 3 is 2.59 bits per heavy atom. The first kappa shape index (κ1) is 28.8. The normalized spacial score (nSPS) is 14.9. The summed E-state index contributed by atoms with van der Waals surface area (Å²) in [6, 6.07) is 18.0. The molecule has 1 aliphatic heterocycles. The van der Waals surface area contributed by atoms with Gasteiger partial charge in [-0.2, -0.15) is 0 Å². The highest BCUT2D eigenvalue weighted by Gasteiger charge is 2.25. The van der Waals surface area contributed by atoms with E-state index in [0.29, 0.717) is 17.9 Å². The number of hydrogen-bond donors (Lipinski definition) is 1. The van der Waals surface area contributed by atoms with Crippen molar-refractivity contribution in [1.29, 1.82) is 0 Å². The molecule has 0 saturated carbocycles. The van der Waals surface area contributed by atoms with Crippen molar-refractivity contribution in [2.45, 2.75) is 45.4 Å². The van der Waals surface area contributed by atoms with Crippen LogP contribution in [0, 0.1) is 5.92 Å². The zero-order chi connectivity index (χ0) is 29.0. The molecular weight excluding hydrogens is 514 g/mol. The molecule has 2 aromatic carbocycles. The number of Topliss-reactive ketones (excluding diaryl/α,β-unsaturated/α-hetero) is 1. The van der Waals surface area contributed by atoms with Crippen molar-refractivity contribution in [3.63, 3.8) is 0 Å². The van der Waals surface area contributed by atoms with Crippen LogP contribution in [0.5, 0.6) is 11.5 Å². The van der Waals surface area contributed by atoms with E-state index in [1.807, 2.05) is 41.9 Å². The SMILES string of the molecule is COCCN1CCC(C(=O)Cc2cc(Oc3ccc4c(c3)nc(Nc3cccc(C(C)(C)C)c3)n4C)ccn2)CC1. The second kappa shape index (κ2) is 12.4. The van der Waals surface area contributed by atoms with Crippen molar-refractivity contribution in [2.24, 2.45) is 13.0 Å². The molecule has 4 aromatic rings. The predicted molar refractivity (Wildman–Crippen MR) is 163 cm³/mol. The van der Waals surface area contributed by atoms with Crippen LogP contribution in [0.1, 0.15) is 44.9 Å². The van der Waals surface area contributed by atoms with Crippen LogP contribution in [-0.4, -0.2) is 58.6 Å². The number of likely N-dealkylation sites (tertiary alicyclic amines) is 1. The first-order valence-corrected chi connectivity index (χ1v) is 14.4. The third kappa shape index (κ3) is 7.13. The number of carbonyl (C=O) groups excluding carboxylic acids is 1. The average molecular weight is 556 g/mol. The number of nitrogens with one attached hydrogen (secondary N) is 1. The fraction of sp³-hybridized carbons (Fsp3) is 0.424. The Kier molecular flexibility index (Phi) is 8.71. The van der Waals surface area contributed by atoms with E-state index < -0.39 is 0 Å². The Morgan fingerprint density at radius 2 is 1.83 bits per heavy atom. The second-order valence-electron chi connectivity index (χ2n) is 11.9. The molecule has 0 bridgehead atoms. The third-order valence-corrected chi connectivity index (χ3v) is 7.87. The van der Waals surface area contributed by atoms with E-state index in [2.05, 4.69) is 60.2 Å². The van der Waals surface area contributed by atoms with Crippen LogP contribution in [0.15, 0.2) is 60.8 Å². The summed E-state index contributed by atoms with van der Waals surface area (Å²) in [7, 11) is 3.72. The summed E-state index contributed by atoms with van der Waals surface area (Å²) in [6.07, 6.45) is 3.81. The number of methoxy groups -OCH3 is 1. The van der Waals surface area contributed by atoms with Crippen LogP contribution in [-0.2, 0) is 28.4 Å². The highest BCUT2D eigenvalue weighted by atomic mass is 16.5. The number of piperidine rings is 1. The molecule has 8 heteroatoms. The van der Waals surface area contributed by atoms with Crippen molar-refractivity contribution in [3.05, 3.63) is 72.1 Å². The van der Waals surface area contributed by atoms with Gasteiger partial charge in [-0.1, -0.05) is 32.9 Å². The molecule has 0 spiro atoms. The number of imidazole rings is 1. The topological polar surface area (TPSA) is 81.5 Å². The van der Waals surface area contributed by atoms with Crippen LogP contribution in [0.2, 0.25) is 0 Å². The van der Waals surface area contributed by atoms with Gasteiger partial charge in [0.1, 0.15) is 17.3 Å². The van der Waals surface area contributed by atoms with Gasteiger partial charge in [0.15, 0.2) is 0 Å². The standard InChI is InChI=1S/C33H41N5O3/c1-33(2,3)24-7-6-8-25(19-24)35-32-36-29-22-27(9-10-30(29)37(32)4)41-28-11-14-34-26(20-28)21-31(39)23-12-15-38(16-13-23)17-18-40-5/h6-11,14,19-20,22-23H,12-13,15-18,21H2,1-5H3,(H,35,36). The zero-order valence-electron chi connectivity index (χ0n) is 24.8. The lowest BCUT2D eigenvalue weighted by Gasteiger charge is -2.30. The van der Waals surface area contributed by atoms with Crippen molar-refractivity contribution in [3.8, 4) is 11.5 Å². The van der Waals surface area contributed by atoms with Gasteiger partial charge in [-0.15, -0.1) is 0 Å². The molecule has 0 radical (unpaired) electrons. The number of hydrogen-bond acceptors (Lipinski definition) is 7. The van der Waals surface area contributed by atoms with Gasteiger partial charge in [0, 0.05) is 57.1 Å². The van der Waals surface area contributed by atoms with E-state index >= 15 is 0 Å². The van der Waals surface area contributed by atoms with Crippen molar-refractivity contribution in [1.82, 2.24) is 19.4 Å². The predicted octanol–water partition coefficient (Wildman–Crippen LogP) is 6.27. The number of aromatic nitrogens is 3. The van der Waals surface area contributed by atoms with E-state index in [1.54, 1.807) is 13.3 Å². The summed E-state index contributed by atoms with van der Waals surface area (Å²) < 4.78 is 13.4. The van der Waals surface area contributed by atoms with E-state index in [9.17, 15) is 4.79 Å². The van der Waals surface area contributed by atoms with Crippen LogP contribution in [0.3, 0.4) is 0 Å². The van der Waals surface area contributed by atoms with Gasteiger partial charge >= 0.3 is 0 Å². The van der Waals surface area contributed by atoms with Crippen LogP contribution in [0.4, 0.5) is 11.6 Å². The molecule has 1 saturated heterocycles. The lowest BCUT2D eigenvalue weighted by Crippen LogP contribution is -2.38. The number of carbonyl (C=O) groups is 1. The van der Waals surface area contributed by atoms with E-state index in [4.69, 9.17) is 14.5 Å². The molecule has 1 fully saturated rings. The van der Waals surface area contributed by atoms with Crippen molar-refractivity contribution < 1.29 is 14.3 Å². The largest absolute Gasteiger partial charge is 0.457 e. The minimum atomic E-state index is 0.0678. The van der Waals surface area contributed by atoms with E-state index in [-0.39, 0.29) is 17.1 Å². The molecule has 41 heavy (non-hydrogen) atoms. The number of nitrogens with zero attached hydrogens (tertiary/aromatic N) is 4. The van der Waals surface area contributed by atoms with Gasteiger partial charge in [0.25, 0.3) is 0 Å². The Bertz CT molecular complexity index is 1500. The van der Waals surface area contributed by atoms with Gasteiger partial charge in [-0.05, 0) is 67.2 Å². The molecule has 3 heterocycles. The summed E-state index contributed by atoms with van der Waals surface area (Å²) >= 11 is 0. The molecule has 0 aliphatic carbocycles. The maximum atomic E-state index is 13.0. The summed E-state index contributed by atoms with van der Waals surface area (Å²) in [5, 5.41) is 3.47. The quantitative estimate of drug-likeness (QED) is 0.247. The molecule has 0 amide bonds. The second-order valence-corrected chi connectivity index (χ2v) is 11.9. The summed E-state index contributed by atoms with van der Waals surface area (Å²) in [5.74, 6) is 2.44. The Hall–Kier alpha value is -3.75. The summed E-state index contributed by atoms with van der Waals surface area (Å²) in [5.41, 5.74) is 4.90. The lowest BCUT2D eigenvalue weighted by atomic mass is 9.87. The fourth-order valence-corrected chi connectivity index (χ4v) is 5.32. The molecule has 8 nitrogen and oxygen atoms in total. The van der Waals surface area contributed by atoms with E-state index in [0.717, 1.165) is 67.4 Å². The molecule has 2 aromatic heterocycles. The van der Waals surface area contributed by atoms with Gasteiger partial charge < -0.3 is 24.3 Å². The Morgan fingerprint density at radius 1 is 1.05 bits per heavy atom. The molecule has 1 aliphatic rings. The zero-order valence-corrected chi connectivity index (χ0v) is 24.8. The highest BCUT2D eigenvalue weighted by Crippen LogP contribution is 2.30. The molecule has 0 unspecified atom stereocenters. The third-order valence-electron chi connectivity index (χ3n) is 7.87. The summed E-state index contributed by atoms with van der Waals surface area (Å²) in [6.45, 7) is 10.2. The minimum Gasteiger partial charge on any atom is -0.457 e. The first-order valence-electron chi connectivity index (χ1n) is 14.4. The fourth-order valence-electron chi connectivity index (χ4n) is 5.32. The average Bonchev–Trinajstić information content (AvgIpc) is 3.26. The first-order chi connectivity index (χ1) is 19.7. The Labute approximate surface area is 242 Å². The number of ether oxygens (including phenoxy) is 2. The molecule has 1 N–H and O–H groups in total. The van der Waals surface area contributed by atoms with Gasteiger partial charge in [-0.3, -0.25) is 9.78 Å². The molecule has 216 valence electrons. The number of pyridine rings is 1. The monoisotopic (exact) mass is 555 g/mol. The molecule has 0 atom stereocenters. The number of anilines is 2. The number of aryl methyl sites for hydroxylation is 1. The van der Waals surface area contributed by atoms with Crippen molar-refractivity contribution >= 4 is 28.5 Å². The maximum absolute atomic E-state index is 13.0. The van der Waals surface area contributed by atoms with Gasteiger partial charge in [0.05, 0.1) is 23.3 Å². The number of rotatable bonds is 10. The summed E-state index contributed by atoms with van der Waals surface area (Å²) in [4.78, 5) is 24.6. The van der Waals surface area contributed by atoms with E-state index in [1.165, 1.54) is 5.56 Å². The van der Waals surface area contributed by atoms with Gasteiger partial charge in [0.2, 0.25) is 5.95 Å². The number of fused-ring (bicyclic) bond motifs is 1. The number of ketones is 1. The smallest absolute Gasteiger partial charge is 0.208 e. The highest BCUT2D eigenvalue weighted by molar-refractivity contribution is 5.83. The van der Waals surface area contributed by atoms with Crippen LogP contribution in [0.25, 0.3) is 11.0 Å². The van der Waals surface area contributed by atoms with Crippen LogP contribution >= 0.6 is 0 Å². The lowest BCUT2D eigenvalue weighted by molar-refractivity contribution is -0.123. The maximum Gasteiger partial charge on any atom is 0.208 e. The minimum absolute atomic E-state index is 0.0678.